The Labute approximate surface area is 203 Å². The Hall–Kier alpha value is -1.43. The van der Waals surface area contributed by atoms with Crippen molar-refractivity contribution in [3.63, 3.8) is 0 Å². The molecule has 1 fully saturated rings. The van der Waals surface area contributed by atoms with E-state index >= 15 is 0 Å². The zero-order chi connectivity index (χ0) is 22.4. The fourth-order valence-electron chi connectivity index (χ4n) is 3.73. The first-order valence-electron chi connectivity index (χ1n) is 9.99. The average Bonchev–Trinajstić information content (AvgIpc) is 2.74. The summed E-state index contributed by atoms with van der Waals surface area (Å²) in [7, 11) is 0. The molecule has 0 spiro atoms. The molecule has 2 nitrogen and oxygen atoms in total. The van der Waals surface area contributed by atoms with Crippen molar-refractivity contribution >= 4 is 53.1 Å². The predicted octanol–water partition coefficient (Wildman–Crippen LogP) is 7.68. The van der Waals surface area contributed by atoms with Crippen molar-refractivity contribution in [3.05, 3.63) is 93.2 Å². The standard InChI is InChI=1S/C18H19Cl3N2.C6H5FS/c19-13-2-5-15(6-3-13)23-11-12(10-22)1-8-18(23)16-7-4-14(20)9-17(16)21;7-5-2-1-3-6(8)4-5/h2-7,9,12,18H,1,8,10-11,22H2;1-4,8H. The lowest BCUT2D eigenvalue weighted by molar-refractivity contribution is 0.366. The summed E-state index contributed by atoms with van der Waals surface area (Å²) in [4.78, 5) is 3.04. The molecule has 3 aromatic rings. The zero-order valence-electron chi connectivity index (χ0n) is 16.8. The van der Waals surface area contributed by atoms with Crippen LogP contribution in [0.3, 0.4) is 0 Å². The van der Waals surface area contributed by atoms with Gasteiger partial charge in [0.2, 0.25) is 0 Å². The summed E-state index contributed by atoms with van der Waals surface area (Å²) in [6.45, 7) is 1.62. The molecule has 1 aliphatic heterocycles. The van der Waals surface area contributed by atoms with Gasteiger partial charge in [-0.25, -0.2) is 4.39 Å². The van der Waals surface area contributed by atoms with Crippen LogP contribution < -0.4 is 10.6 Å². The van der Waals surface area contributed by atoms with Crippen LogP contribution >= 0.6 is 47.4 Å². The molecule has 1 heterocycles. The molecule has 0 aromatic heterocycles. The Morgan fingerprint density at radius 3 is 2.23 bits per heavy atom. The summed E-state index contributed by atoms with van der Waals surface area (Å²) in [6, 6.07) is 20.0. The Morgan fingerprint density at radius 2 is 1.65 bits per heavy atom. The highest BCUT2D eigenvalue weighted by molar-refractivity contribution is 7.80. The van der Waals surface area contributed by atoms with Crippen molar-refractivity contribution in [2.45, 2.75) is 23.8 Å². The first-order valence-corrected chi connectivity index (χ1v) is 11.6. The number of anilines is 1. The van der Waals surface area contributed by atoms with Crippen LogP contribution in [0, 0.1) is 11.7 Å². The Balaban J connectivity index is 0.000000287. The maximum atomic E-state index is 12.1. The van der Waals surface area contributed by atoms with Crippen molar-refractivity contribution in [1.82, 2.24) is 0 Å². The summed E-state index contributed by atoms with van der Waals surface area (Å²) in [5, 5.41) is 2.11. The quantitative estimate of drug-likeness (QED) is 0.363. The van der Waals surface area contributed by atoms with Gasteiger partial charge in [0.05, 0.1) is 6.04 Å². The number of nitrogens with zero attached hydrogens (tertiary/aromatic N) is 1. The molecule has 31 heavy (non-hydrogen) atoms. The van der Waals surface area contributed by atoms with Crippen molar-refractivity contribution in [3.8, 4) is 0 Å². The van der Waals surface area contributed by atoms with Gasteiger partial charge in [-0.05, 0) is 85.5 Å². The third-order valence-electron chi connectivity index (χ3n) is 5.30. The van der Waals surface area contributed by atoms with Gasteiger partial charge in [-0.1, -0.05) is 46.9 Å². The van der Waals surface area contributed by atoms with Crippen LogP contribution in [0.15, 0.2) is 71.6 Å². The van der Waals surface area contributed by atoms with Crippen LogP contribution in [0.1, 0.15) is 24.4 Å². The van der Waals surface area contributed by atoms with Gasteiger partial charge in [-0.15, -0.1) is 12.6 Å². The number of hydrogen-bond acceptors (Lipinski definition) is 3. The summed E-state index contributed by atoms with van der Waals surface area (Å²) in [6.07, 6.45) is 2.12. The SMILES string of the molecule is Fc1cccc(S)c1.NCC1CCC(c2ccc(Cl)cc2Cl)N(c2ccc(Cl)cc2)C1. The average molecular weight is 498 g/mol. The molecule has 2 unspecified atom stereocenters. The summed E-state index contributed by atoms with van der Waals surface area (Å²) >= 11 is 22.4. The molecule has 164 valence electrons. The number of rotatable bonds is 3. The number of thiol groups is 1. The van der Waals surface area contributed by atoms with Gasteiger partial charge in [0.15, 0.2) is 0 Å². The molecule has 1 aliphatic rings. The van der Waals surface area contributed by atoms with Gasteiger partial charge in [0.25, 0.3) is 0 Å². The first-order chi connectivity index (χ1) is 14.9. The van der Waals surface area contributed by atoms with Crippen LogP contribution in [-0.4, -0.2) is 13.1 Å². The number of benzene rings is 3. The van der Waals surface area contributed by atoms with Gasteiger partial charge in [0, 0.05) is 32.2 Å². The fraction of sp³-hybridized carbons (Fsp3) is 0.250. The molecular weight excluding hydrogens is 474 g/mol. The van der Waals surface area contributed by atoms with Crippen molar-refractivity contribution in [2.24, 2.45) is 11.7 Å². The van der Waals surface area contributed by atoms with E-state index in [2.05, 4.69) is 29.7 Å². The largest absolute Gasteiger partial charge is 0.364 e. The number of nitrogens with two attached hydrogens (primary N) is 1. The molecule has 4 rings (SSSR count). The van der Waals surface area contributed by atoms with Gasteiger partial charge >= 0.3 is 0 Å². The van der Waals surface area contributed by atoms with Crippen molar-refractivity contribution in [2.75, 3.05) is 18.0 Å². The van der Waals surface area contributed by atoms with Gasteiger partial charge in [-0.2, -0.15) is 0 Å². The molecule has 1 saturated heterocycles. The second-order valence-corrected chi connectivity index (χ2v) is 9.27. The van der Waals surface area contributed by atoms with E-state index in [0.717, 1.165) is 35.7 Å². The Kier molecular flexibility index (Phi) is 8.94. The molecule has 0 bridgehead atoms. The molecule has 2 N–H and O–H groups in total. The van der Waals surface area contributed by atoms with E-state index in [0.29, 0.717) is 27.4 Å². The molecule has 0 aliphatic carbocycles. The van der Waals surface area contributed by atoms with Crippen LogP contribution in [0.4, 0.5) is 10.1 Å². The minimum absolute atomic E-state index is 0.226. The van der Waals surface area contributed by atoms with Gasteiger partial charge in [-0.3, -0.25) is 0 Å². The van der Waals surface area contributed by atoms with E-state index in [1.807, 2.05) is 30.3 Å². The predicted molar refractivity (Wildman–Crippen MR) is 133 cm³/mol. The molecular formula is C24H24Cl3FN2S. The summed E-state index contributed by atoms with van der Waals surface area (Å²) < 4.78 is 12.1. The van der Waals surface area contributed by atoms with Gasteiger partial charge < -0.3 is 10.6 Å². The van der Waals surface area contributed by atoms with E-state index in [-0.39, 0.29) is 11.9 Å². The minimum Gasteiger partial charge on any atom is -0.364 e. The highest BCUT2D eigenvalue weighted by atomic mass is 35.5. The normalized spacial score (nSPS) is 18.3. The van der Waals surface area contributed by atoms with E-state index in [4.69, 9.17) is 40.5 Å². The Morgan fingerprint density at radius 1 is 0.935 bits per heavy atom. The first kappa shape index (κ1) is 24.2. The molecule has 7 heteroatoms. The van der Waals surface area contributed by atoms with Crippen molar-refractivity contribution in [1.29, 1.82) is 0 Å². The molecule has 0 radical (unpaired) electrons. The smallest absolute Gasteiger partial charge is 0.124 e. The number of piperidine rings is 1. The van der Waals surface area contributed by atoms with E-state index in [1.54, 1.807) is 12.1 Å². The number of hydrogen-bond donors (Lipinski definition) is 2. The van der Waals surface area contributed by atoms with Crippen LogP contribution in [-0.2, 0) is 0 Å². The third-order valence-corrected chi connectivity index (χ3v) is 6.39. The second kappa shape index (κ2) is 11.4. The maximum absolute atomic E-state index is 12.1. The van der Waals surface area contributed by atoms with Gasteiger partial charge in [0.1, 0.15) is 5.82 Å². The molecule has 2 atom stereocenters. The lowest BCUT2D eigenvalue weighted by Crippen LogP contribution is -2.40. The highest BCUT2D eigenvalue weighted by Crippen LogP contribution is 2.40. The van der Waals surface area contributed by atoms with E-state index in [9.17, 15) is 4.39 Å². The lowest BCUT2D eigenvalue weighted by atomic mass is 9.88. The van der Waals surface area contributed by atoms with Crippen LogP contribution in [0.2, 0.25) is 15.1 Å². The van der Waals surface area contributed by atoms with E-state index in [1.165, 1.54) is 12.1 Å². The Bertz CT molecular complexity index is 983. The second-order valence-electron chi connectivity index (χ2n) is 7.47. The zero-order valence-corrected chi connectivity index (χ0v) is 20.0. The summed E-state index contributed by atoms with van der Waals surface area (Å²) in [5.41, 5.74) is 8.16. The van der Waals surface area contributed by atoms with E-state index < -0.39 is 0 Å². The topological polar surface area (TPSA) is 29.3 Å². The molecule has 0 saturated carbocycles. The highest BCUT2D eigenvalue weighted by Gasteiger charge is 2.30. The fourth-order valence-corrected chi connectivity index (χ4v) is 4.60. The monoisotopic (exact) mass is 496 g/mol. The maximum Gasteiger partial charge on any atom is 0.124 e. The number of halogens is 4. The molecule has 0 amide bonds. The minimum atomic E-state index is -0.238. The van der Waals surface area contributed by atoms with Crippen molar-refractivity contribution < 1.29 is 4.39 Å². The van der Waals surface area contributed by atoms with Crippen LogP contribution in [0.25, 0.3) is 0 Å². The lowest BCUT2D eigenvalue weighted by Gasteiger charge is -2.41. The van der Waals surface area contributed by atoms with Crippen LogP contribution in [0.5, 0.6) is 0 Å². The summed E-state index contributed by atoms with van der Waals surface area (Å²) in [5.74, 6) is 0.255. The molecule has 3 aromatic carbocycles. The third kappa shape index (κ3) is 6.77.